The van der Waals surface area contributed by atoms with Gasteiger partial charge in [-0.05, 0) is 13.0 Å². The summed E-state index contributed by atoms with van der Waals surface area (Å²) in [4.78, 5) is 35.7. The van der Waals surface area contributed by atoms with Crippen LogP contribution in [-0.2, 0) is 9.53 Å². The Hall–Kier alpha value is -3.24. The first-order valence-electron chi connectivity index (χ1n) is 7.23. The topological polar surface area (TPSA) is 111 Å². The zero-order valence-corrected chi connectivity index (χ0v) is 14.0. The molecule has 0 radical (unpaired) electrons. The number of hydrogen-bond acceptors (Lipinski definition) is 6. The number of nitro benzene ring substituents is 1. The number of carbonyl (C=O) groups is 2. The summed E-state index contributed by atoms with van der Waals surface area (Å²) in [5.41, 5.74) is -0.438. The number of allylic oxidation sites excluding steroid dienone is 1. The summed E-state index contributed by atoms with van der Waals surface area (Å²) < 4.78 is 34.5. The largest absolute Gasteiger partial charge is 0.466 e. The maximum Gasteiger partial charge on any atom is 0.387 e. The molecule has 11 heteroatoms. The molecule has 0 aromatic heterocycles. The summed E-state index contributed by atoms with van der Waals surface area (Å²) in [7, 11) is 2.51. The number of amides is 2. The van der Waals surface area contributed by atoms with Gasteiger partial charge < -0.3 is 19.7 Å². The van der Waals surface area contributed by atoms with E-state index in [-0.39, 0.29) is 16.8 Å². The number of nitrogens with one attached hydrogen (secondary N) is 1. The van der Waals surface area contributed by atoms with Crippen molar-refractivity contribution < 1.29 is 32.8 Å². The lowest BCUT2D eigenvalue weighted by Crippen LogP contribution is -2.46. The third kappa shape index (κ3) is 3.55. The minimum absolute atomic E-state index is 0.0609. The molecule has 0 spiro atoms. The number of rotatable bonds is 5. The molecule has 1 unspecified atom stereocenters. The van der Waals surface area contributed by atoms with Gasteiger partial charge in [0, 0.05) is 30.4 Å². The van der Waals surface area contributed by atoms with Gasteiger partial charge in [0.2, 0.25) is 0 Å². The zero-order valence-electron chi connectivity index (χ0n) is 14.0. The summed E-state index contributed by atoms with van der Waals surface area (Å²) in [6.07, 6.45) is 0. The molecular weight excluding hydrogens is 356 g/mol. The molecule has 1 N–H and O–H groups in total. The molecule has 1 aliphatic rings. The SMILES string of the molecule is COC(=O)C1=C(C)N(C)C(=O)NC1c1cc([N+](=O)[O-])ccc1OC(F)F. The van der Waals surface area contributed by atoms with E-state index in [0.29, 0.717) is 0 Å². The fourth-order valence-corrected chi connectivity index (χ4v) is 2.52. The zero-order chi connectivity index (χ0) is 19.6. The second-order valence-corrected chi connectivity index (χ2v) is 5.29. The van der Waals surface area contributed by atoms with Crippen LogP contribution in [0.1, 0.15) is 18.5 Å². The number of nitro groups is 1. The molecule has 1 heterocycles. The number of carbonyl (C=O) groups excluding carboxylic acids is 2. The molecule has 1 aromatic carbocycles. The van der Waals surface area contributed by atoms with E-state index in [0.717, 1.165) is 30.2 Å². The highest BCUT2D eigenvalue weighted by atomic mass is 19.3. The molecule has 140 valence electrons. The standard InChI is InChI=1S/C15H15F2N3O6/c1-7-11(13(21)25-3)12(18-15(22)19(7)2)9-6-8(20(23)24)4-5-10(9)26-14(16)17/h4-6,12,14H,1-3H3,(H,18,22). The fraction of sp³-hybridized carbons (Fsp3) is 0.333. The first-order chi connectivity index (χ1) is 12.2. The highest BCUT2D eigenvalue weighted by Gasteiger charge is 2.37. The van der Waals surface area contributed by atoms with Gasteiger partial charge in [-0.3, -0.25) is 10.1 Å². The molecule has 0 saturated carbocycles. The second kappa shape index (κ2) is 7.33. The van der Waals surface area contributed by atoms with E-state index in [4.69, 9.17) is 4.74 Å². The Balaban J connectivity index is 2.69. The first kappa shape index (κ1) is 19.1. The van der Waals surface area contributed by atoms with E-state index in [9.17, 15) is 28.5 Å². The number of ether oxygens (including phenoxy) is 2. The first-order valence-corrected chi connectivity index (χ1v) is 7.23. The van der Waals surface area contributed by atoms with Crippen LogP contribution in [0.25, 0.3) is 0 Å². The summed E-state index contributed by atoms with van der Waals surface area (Å²) in [5.74, 6) is -1.23. The lowest BCUT2D eigenvalue weighted by molar-refractivity contribution is -0.385. The lowest BCUT2D eigenvalue weighted by atomic mass is 9.94. The smallest absolute Gasteiger partial charge is 0.387 e. The summed E-state index contributed by atoms with van der Waals surface area (Å²) in [5, 5.41) is 13.5. The van der Waals surface area contributed by atoms with Gasteiger partial charge in [0.05, 0.1) is 23.6 Å². The number of esters is 1. The number of benzene rings is 1. The van der Waals surface area contributed by atoms with E-state index in [1.807, 2.05) is 0 Å². The lowest BCUT2D eigenvalue weighted by Gasteiger charge is -2.33. The van der Waals surface area contributed by atoms with Crippen LogP contribution in [0.5, 0.6) is 5.75 Å². The minimum atomic E-state index is -3.20. The van der Waals surface area contributed by atoms with E-state index in [1.54, 1.807) is 0 Å². The molecule has 9 nitrogen and oxygen atoms in total. The van der Waals surface area contributed by atoms with Crippen molar-refractivity contribution in [2.75, 3.05) is 14.2 Å². The van der Waals surface area contributed by atoms with Crippen molar-refractivity contribution >= 4 is 17.7 Å². The molecule has 1 aliphatic heterocycles. The molecule has 0 saturated heterocycles. The number of nitrogens with zero attached hydrogens (tertiary/aromatic N) is 2. The van der Waals surface area contributed by atoms with Crippen molar-refractivity contribution in [3.05, 3.63) is 45.1 Å². The molecule has 0 aliphatic carbocycles. The van der Waals surface area contributed by atoms with Crippen LogP contribution in [-0.4, -0.2) is 42.6 Å². The van der Waals surface area contributed by atoms with Crippen molar-refractivity contribution in [2.45, 2.75) is 19.6 Å². The molecule has 2 amide bonds. The monoisotopic (exact) mass is 371 g/mol. The van der Waals surface area contributed by atoms with Gasteiger partial charge in [-0.15, -0.1) is 0 Å². The molecule has 1 aromatic rings. The highest BCUT2D eigenvalue weighted by molar-refractivity contribution is 5.95. The number of alkyl halides is 2. The predicted molar refractivity (Wildman–Crippen MR) is 83.5 cm³/mol. The summed E-state index contributed by atoms with van der Waals surface area (Å²) in [6, 6.07) is 1.03. The summed E-state index contributed by atoms with van der Waals surface area (Å²) >= 11 is 0. The van der Waals surface area contributed by atoms with Crippen LogP contribution >= 0.6 is 0 Å². The third-order valence-electron chi connectivity index (χ3n) is 3.89. The maximum atomic E-state index is 12.7. The minimum Gasteiger partial charge on any atom is -0.466 e. The van der Waals surface area contributed by atoms with Crippen molar-refractivity contribution in [2.24, 2.45) is 0 Å². The van der Waals surface area contributed by atoms with E-state index in [1.165, 1.54) is 14.0 Å². The van der Waals surface area contributed by atoms with Crippen LogP contribution < -0.4 is 10.1 Å². The van der Waals surface area contributed by atoms with Crippen LogP contribution in [0, 0.1) is 10.1 Å². The maximum absolute atomic E-state index is 12.7. The van der Waals surface area contributed by atoms with Crippen molar-refractivity contribution in [1.82, 2.24) is 10.2 Å². The Bertz CT molecular complexity index is 796. The van der Waals surface area contributed by atoms with Crippen LogP contribution in [0.15, 0.2) is 29.5 Å². The Kier molecular flexibility index (Phi) is 5.38. The number of urea groups is 1. The van der Waals surface area contributed by atoms with Gasteiger partial charge in [0.1, 0.15) is 5.75 Å². The Labute approximate surface area is 146 Å². The average molecular weight is 371 g/mol. The van der Waals surface area contributed by atoms with E-state index in [2.05, 4.69) is 10.1 Å². The van der Waals surface area contributed by atoms with Crippen LogP contribution in [0.4, 0.5) is 19.3 Å². The van der Waals surface area contributed by atoms with E-state index >= 15 is 0 Å². The fourth-order valence-electron chi connectivity index (χ4n) is 2.52. The Morgan fingerprint density at radius 2 is 2.08 bits per heavy atom. The number of methoxy groups -OCH3 is 1. The summed E-state index contributed by atoms with van der Waals surface area (Å²) in [6.45, 7) is -1.74. The normalized spacial score (nSPS) is 17.2. The molecule has 1 atom stereocenters. The molecule has 2 rings (SSSR count). The third-order valence-corrected chi connectivity index (χ3v) is 3.89. The average Bonchev–Trinajstić information content (AvgIpc) is 2.58. The second-order valence-electron chi connectivity index (χ2n) is 5.29. The van der Waals surface area contributed by atoms with E-state index < -0.39 is 41.0 Å². The molecule has 0 fully saturated rings. The Morgan fingerprint density at radius 3 is 2.62 bits per heavy atom. The quantitative estimate of drug-likeness (QED) is 0.483. The van der Waals surface area contributed by atoms with Gasteiger partial charge in [0.25, 0.3) is 5.69 Å². The highest BCUT2D eigenvalue weighted by Crippen LogP contribution is 2.37. The van der Waals surface area contributed by atoms with Crippen molar-refractivity contribution in [1.29, 1.82) is 0 Å². The van der Waals surface area contributed by atoms with Gasteiger partial charge >= 0.3 is 18.6 Å². The number of non-ortho nitro benzene ring substituents is 1. The molecule has 26 heavy (non-hydrogen) atoms. The van der Waals surface area contributed by atoms with Crippen LogP contribution in [0.3, 0.4) is 0 Å². The predicted octanol–water partition coefficient (Wildman–Crippen LogP) is 2.34. The van der Waals surface area contributed by atoms with Crippen molar-refractivity contribution in [3.63, 3.8) is 0 Å². The molecule has 0 bridgehead atoms. The van der Waals surface area contributed by atoms with Gasteiger partial charge in [0.15, 0.2) is 0 Å². The number of halogens is 2. The van der Waals surface area contributed by atoms with Gasteiger partial charge in [-0.1, -0.05) is 0 Å². The van der Waals surface area contributed by atoms with Crippen molar-refractivity contribution in [3.8, 4) is 5.75 Å². The van der Waals surface area contributed by atoms with Gasteiger partial charge in [-0.2, -0.15) is 8.78 Å². The van der Waals surface area contributed by atoms with Gasteiger partial charge in [-0.25, -0.2) is 9.59 Å². The Morgan fingerprint density at radius 1 is 1.42 bits per heavy atom. The molecular formula is C15H15F2N3O6. The van der Waals surface area contributed by atoms with Crippen LogP contribution in [0.2, 0.25) is 0 Å². The number of hydrogen-bond donors (Lipinski definition) is 1.